The van der Waals surface area contributed by atoms with Gasteiger partial charge in [-0.15, -0.1) is 0 Å². The highest BCUT2D eigenvalue weighted by Gasteiger charge is 2.13. The molecular weight excluding hydrogens is 275 g/mol. The van der Waals surface area contributed by atoms with Crippen molar-refractivity contribution in [3.8, 4) is 17.4 Å². The van der Waals surface area contributed by atoms with Crippen LogP contribution in [0.25, 0.3) is 0 Å². The number of methoxy groups -OCH3 is 1. The van der Waals surface area contributed by atoms with Gasteiger partial charge in [0.15, 0.2) is 5.15 Å². The van der Waals surface area contributed by atoms with Crippen LogP contribution in [0.2, 0.25) is 10.2 Å². The van der Waals surface area contributed by atoms with Crippen LogP contribution >= 0.6 is 23.2 Å². The highest BCUT2D eigenvalue weighted by molar-refractivity contribution is 6.31. The van der Waals surface area contributed by atoms with Crippen LogP contribution < -0.4 is 9.47 Å². The summed E-state index contributed by atoms with van der Waals surface area (Å²) in [5.74, 6) is 1.20. The lowest BCUT2D eigenvalue weighted by Crippen LogP contribution is -1.96. The van der Waals surface area contributed by atoms with E-state index in [1.165, 1.54) is 13.4 Å². The third-order valence-electron chi connectivity index (χ3n) is 2.28. The summed E-state index contributed by atoms with van der Waals surface area (Å²) >= 11 is 11.8. The number of rotatable bonds is 3. The third kappa shape index (κ3) is 2.66. The van der Waals surface area contributed by atoms with Crippen molar-refractivity contribution in [2.45, 2.75) is 6.92 Å². The molecule has 0 aliphatic rings. The van der Waals surface area contributed by atoms with E-state index < -0.39 is 0 Å². The van der Waals surface area contributed by atoms with Crippen molar-refractivity contribution in [3.63, 3.8) is 0 Å². The quantitative estimate of drug-likeness (QED) is 0.802. The molecule has 0 bridgehead atoms. The van der Waals surface area contributed by atoms with Gasteiger partial charge in [0.1, 0.15) is 12.1 Å². The Morgan fingerprint density at radius 3 is 2.61 bits per heavy atom. The summed E-state index contributed by atoms with van der Waals surface area (Å²) in [4.78, 5) is 7.81. The summed E-state index contributed by atoms with van der Waals surface area (Å²) in [6.07, 6.45) is 1.31. The van der Waals surface area contributed by atoms with Crippen LogP contribution in [-0.4, -0.2) is 17.1 Å². The number of nitrogens with zero attached hydrogens (tertiary/aromatic N) is 2. The standard InChI is InChI=1S/C12H10Cl2N2O2/c1-7-5-8(13)3-4-9(7)18-12-10(17-2)11(14)15-6-16-12/h3-6H,1-2H3. The molecule has 94 valence electrons. The second kappa shape index (κ2) is 5.42. The largest absolute Gasteiger partial charge is 0.489 e. The second-order valence-electron chi connectivity index (χ2n) is 3.51. The number of halogens is 2. The topological polar surface area (TPSA) is 44.2 Å². The lowest BCUT2D eigenvalue weighted by molar-refractivity contribution is 0.366. The van der Waals surface area contributed by atoms with E-state index in [4.69, 9.17) is 32.7 Å². The van der Waals surface area contributed by atoms with E-state index in [1.54, 1.807) is 18.2 Å². The minimum Gasteiger partial charge on any atom is -0.489 e. The number of benzene rings is 1. The summed E-state index contributed by atoms with van der Waals surface area (Å²) in [5.41, 5.74) is 0.888. The molecule has 0 unspecified atom stereocenters. The van der Waals surface area contributed by atoms with Crippen LogP contribution in [0.3, 0.4) is 0 Å². The lowest BCUT2D eigenvalue weighted by atomic mass is 10.2. The summed E-state index contributed by atoms with van der Waals surface area (Å²) in [6.45, 7) is 1.89. The molecule has 0 spiro atoms. The number of aryl methyl sites for hydroxylation is 1. The fraction of sp³-hybridized carbons (Fsp3) is 0.167. The molecule has 2 aromatic rings. The Kier molecular flexibility index (Phi) is 3.89. The SMILES string of the molecule is COc1c(Cl)ncnc1Oc1ccc(Cl)cc1C. The molecule has 0 atom stereocenters. The minimum absolute atomic E-state index is 0.203. The van der Waals surface area contributed by atoms with Gasteiger partial charge in [-0.05, 0) is 30.7 Å². The number of ether oxygens (including phenoxy) is 2. The van der Waals surface area contributed by atoms with E-state index in [1.807, 2.05) is 6.92 Å². The molecule has 18 heavy (non-hydrogen) atoms. The van der Waals surface area contributed by atoms with Crippen LogP contribution in [0.4, 0.5) is 0 Å². The van der Waals surface area contributed by atoms with Crippen LogP contribution in [0.5, 0.6) is 17.4 Å². The first-order valence-corrected chi connectivity index (χ1v) is 5.86. The first-order chi connectivity index (χ1) is 8.61. The van der Waals surface area contributed by atoms with Crippen molar-refractivity contribution < 1.29 is 9.47 Å². The smallest absolute Gasteiger partial charge is 0.267 e. The van der Waals surface area contributed by atoms with Crippen molar-refractivity contribution in [3.05, 3.63) is 40.3 Å². The number of aromatic nitrogens is 2. The molecule has 0 fully saturated rings. The molecular formula is C12H10Cl2N2O2. The van der Waals surface area contributed by atoms with Crippen molar-refractivity contribution >= 4 is 23.2 Å². The number of hydrogen-bond donors (Lipinski definition) is 0. The Labute approximate surface area is 114 Å². The molecule has 4 nitrogen and oxygen atoms in total. The van der Waals surface area contributed by atoms with E-state index in [-0.39, 0.29) is 11.0 Å². The fourth-order valence-electron chi connectivity index (χ4n) is 1.41. The highest BCUT2D eigenvalue weighted by Crippen LogP contribution is 2.35. The third-order valence-corrected chi connectivity index (χ3v) is 2.78. The van der Waals surface area contributed by atoms with Crippen molar-refractivity contribution in [1.82, 2.24) is 9.97 Å². The minimum atomic E-state index is 0.203. The zero-order chi connectivity index (χ0) is 13.1. The summed E-state index contributed by atoms with van der Waals surface area (Å²) < 4.78 is 10.8. The molecule has 0 aliphatic heterocycles. The molecule has 0 amide bonds. The summed E-state index contributed by atoms with van der Waals surface area (Å²) in [6, 6.07) is 5.29. The molecule has 1 aromatic heterocycles. The fourth-order valence-corrected chi connectivity index (χ4v) is 1.84. The molecule has 0 N–H and O–H groups in total. The maximum Gasteiger partial charge on any atom is 0.267 e. The van der Waals surface area contributed by atoms with Crippen molar-refractivity contribution in [2.24, 2.45) is 0 Å². The first kappa shape index (κ1) is 12.9. The molecule has 1 aromatic carbocycles. The first-order valence-electron chi connectivity index (χ1n) is 5.10. The van der Waals surface area contributed by atoms with E-state index in [0.29, 0.717) is 16.5 Å². The number of hydrogen-bond acceptors (Lipinski definition) is 4. The van der Waals surface area contributed by atoms with Gasteiger partial charge in [-0.3, -0.25) is 0 Å². The van der Waals surface area contributed by atoms with Crippen LogP contribution in [0.15, 0.2) is 24.5 Å². The average Bonchev–Trinajstić information content (AvgIpc) is 2.33. The molecule has 1 heterocycles. The Morgan fingerprint density at radius 2 is 1.94 bits per heavy atom. The molecule has 2 rings (SSSR count). The Morgan fingerprint density at radius 1 is 1.17 bits per heavy atom. The summed E-state index contributed by atoms with van der Waals surface area (Å²) in [5, 5.41) is 0.849. The normalized spacial score (nSPS) is 10.2. The highest BCUT2D eigenvalue weighted by atomic mass is 35.5. The Balaban J connectivity index is 2.37. The van der Waals surface area contributed by atoms with Gasteiger partial charge in [0, 0.05) is 5.02 Å². The van der Waals surface area contributed by atoms with Crippen molar-refractivity contribution in [2.75, 3.05) is 7.11 Å². The monoisotopic (exact) mass is 284 g/mol. The zero-order valence-electron chi connectivity index (χ0n) is 9.78. The zero-order valence-corrected chi connectivity index (χ0v) is 11.3. The van der Waals surface area contributed by atoms with Gasteiger partial charge >= 0.3 is 0 Å². The van der Waals surface area contributed by atoms with E-state index >= 15 is 0 Å². The predicted octanol–water partition coefficient (Wildman–Crippen LogP) is 3.89. The molecule has 6 heteroatoms. The van der Waals surface area contributed by atoms with Gasteiger partial charge in [-0.2, -0.15) is 4.98 Å². The second-order valence-corrected chi connectivity index (χ2v) is 4.31. The van der Waals surface area contributed by atoms with E-state index in [2.05, 4.69) is 9.97 Å². The van der Waals surface area contributed by atoms with E-state index in [9.17, 15) is 0 Å². The molecule has 0 radical (unpaired) electrons. The van der Waals surface area contributed by atoms with Crippen LogP contribution in [-0.2, 0) is 0 Å². The van der Waals surface area contributed by atoms with Crippen LogP contribution in [0, 0.1) is 6.92 Å². The summed E-state index contributed by atoms with van der Waals surface area (Å²) in [7, 11) is 1.48. The maximum atomic E-state index is 5.88. The van der Waals surface area contributed by atoms with Gasteiger partial charge in [0.25, 0.3) is 5.88 Å². The Bertz CT molecular complexity index is 576. The molecule has 0 saturated carbocycles. The van der Waals surface area contributed by atoms with Gasteiger partial charge in [0.05, 0.1) is 7.11 Å². The van der Waals surface area contributed by atoms with Crippen molar-refractivity contribution in [1.29, 1.82) is 0 Å². The molecule has 0 saturated heterocycles. The predicted molar refractivity (Wildman–Crippen MR) is 69.9 cm³/mol. The van der Waals surface area contributed by atoms with Gasteiger partial charge in [-0.25, -0.2) is 4.98 Å². The average molecular weight is 285 g/mol. The van der Waals surface area contributed by atoms with E-state index in [0.717, 1.165) is 5.56 Å². The van der Waals surface area contributed by atoms with Gasteiger partial charge in [-0.1, -0.05) is 23.2 Å². The van der Waals surface area contributed by atoms with Gasteiger partial charge in [0.2, 0.25) is 5.75 Å². The lowest BCUT2D eigenvalue weighted by Gasteiger charge is -2.11. The molecule has 0 aliphatic carbocycles. The van der Waals surface area contributed by atoms with Crippen LogP contribution in [0.1, 0.15) is 5.56 Å². The van der Waals surface area contributed by atoms with Gasteiger partial charge < -0.3 is 9.47 Å². The Hall–Kier alpha value is -1.52. The maximum absolute atomic E-state index is 5.88.